The van der Waals surface area contributed by atoms with Crippen molar-refractivity contribution in [1.82, 2.24) is 10.2 Å². The van der Waals surface area contributed by atoms with Crippen molar-refractivity contribution in [2.45, 2.75) is 57.1 Å². The lowest BCUT2D eigenvalue weighted by molar-refractivity contribution is -0.140. The first-order chi connectivity index (χ1) is 21.2. The van der Waals surface area contributed by atoms with Crippen LogP contribution in [0.4, 0.5) is 14.5 Å². The number of halogens is 2. The van der Waals surface area contributed by atoms with E-state index in [9.17, 15) is 26.8 Å². The number of sulfonamides is 1. The topological polar surface area (TPSA) is 86.8 Å². The smallest absolute Gasteiger partial charge is 0.264 e. The molecule has 1 atom stereocenters. The fourth-order valence-corrected chi connectivity index (χ4v) is 6.18. The van der Waals surface area contributed by atoms with E-state index in [1.54, 1.807) is 24.3 Å². The molecule has 0 spiro atoms. The minimum atomic E-state index is -4.36. The molecule has 0 aliphatic carbocycles. The standard InChI is InChI=1S/C35H37F2N3O4S/c1-25-10-18-30(19-11-25)40(45(43,44)31-20-16-29(37)17-21-31)24-33(41)39(23-27-12-14-28(36)15-13-27)32(34(42)38-35(2,3)4)22-26-8-6-5-7-9-26/h5-21,32H,22-24H2,1-4H3,(H,38,42)/t32-/m0/s1. The highest BCUT2D eigenvalue weighted by Crippen LogP contribution is 2.26. The number of anilines is 1. The number of benzene rings is 4. The summed E-state index contributed by atoms with van der Waals surface area (Å²) in [6.45, 7) is 6.58. The summed E-state index contributed by atoms with van der Waals surface area (Å²) in [5.74, 6) is -2.15. The first-order valence-corrected chi connectivity index (χ1v) is 15.9. The molecule has 0 aliphatic heterocycles. The molecule has 4 aromatic carbocycles. The van der Waals surface area contributed by atoms with E-state index in [1.807, 2.05) is 58.0 Å². The van der Waals surface area contributed by atoms with Crippen molar-refractivity contribution in [2.24, 2.45) is 0 Å². The molecule has 0 fully saturated rings. The zero-order valence-electron chi connectivity index (χ0n) is 25.7. The number of nitrogens with zero attached hydrogens (tertiary/aromatic N) is 2. The average Bonchev–Trinajstić information content (AvgIpc) is 2.99. The summed E-state index contributed by atoms with van der Waals surface area (Å²) in [5, 5.41) is 2.96. The van der Waals surface area contributed by atoms with Gasteiger partial charge in [-0.3, -0.25) is 13.9 Å². The monoisotopic (exact) mass is 633 g/mol. The van der Waals surface area contributed by atoms with E-state index in [-0.39, 0.29) is 23.5 Å². The second-order valence-corrected chi connectivity index (χ2v) is 13.8. The highest BCUT2D eigenvalue weighted by molar-refractivity contribution is 7.92. The zero-order chi connectivity index (χ0) is 32.8. The lowest BCUT2D eigenvalue weighted by Gasteiger charge is -2.35. The molecule has 0 aliphatic rings. The van der Waals surface area contributed by atoms with Crippen LogP contribution in [0, 0.1) is 18.6 Å². The van der Waals surface area contributed by atoms with E-state index < -0.39 is 51.6 Å². The summed E-state index contributed by atoms with van der Waals surface area (Å²) in [5.41, 5.74) is 1.81. The molecule has 0 bridgehead atoms. The summed E-state index contributed by atoms with van der Waals surface area (Å²) in [7, 11) is -4.36. The Balaban J connectivity index is 1.81. The van der Waals surface area contributed by atoms with Crippen LogP contribution in [0.25, 0.3) is 0 Å². The molecule has 4 aromatic rings. The highest BCUT2D eigenvalue weighted by Gasteiger charge is 2.35. The minimum Gasteiger partial charge on any atom is -0.350 e. The molecular formula is C35H37F2N3O4S. The van der Waals surface area contributed by atoms with Crippen LogP contribution in [-0.2, 0) is 32.6 Å². The van der Waals surface area contributed by atoms with Crippen LogP contribution in [0.5, 0.6) is 0 Å². The molecular weight excluding hydrogens is 596 g/mol. The number of nitrogens with one attached hydrogen (secondary N) is 1. The molecule has 0 saturated heterocycles. The lowest BCUT2D eigenvalue weighted by Crippen LogP contribution is -2.56. The van der Waals surface area contributed by atoms with Gasteiger partial charge in [-0.15, -0.1) is 0 Å². The maximum absolute atomic E-state index is 14.4. The average molecular weight is 634 g/mol. The molecule has 236 valence electrons. The van der Waals surface area contributed by atoms with Gasteiger partial charge in [-0.1, -0.05) is 60.2 Å². The third-order valence-corrected chi connectivity index (χ3v) is 8.83. The summed E-state index contributed by atoms with van der Waals surface area (Å²) in [6.07, 6.45) is 0.144. The first kappa shape index (κ1) is 33.3. The van der Waals surface area contributed by atoms with Crippen LogP contribution in [0.15, 0.2) is 108 Å². The van der Waals surface area contributed by atoms with Gasteiger partial charge in [0, 0.05) is 18.5 Å². The Labute approximate surface area is 263 Å². The number of rotatable bonds is 11. The highest BCUT2D eigenvalue weighted by atomic mass is 32.2. The molecule has 0 saturated carbocycles. The fourth-order valence-electron chi connectivity index (χ4n) is 4.77. The molecule has 0 heterocycles. The van der Waals surface area contributed by atoms with E-state index in [0.29, 0.717) is 5.56 Å². The van der Waals surface area contributed by atoms with Crippen LogP contribution in [-0.4, -0.2) is 43.3 Å². The van der Waals surface area contributed by atoms with Crippen LogP contribution in [0.2, 0.25) is 0 Å². The van der Waals surface area contributed by atoms with Crippen LogP contribution in [0.1, 0.15) is 37.5 Å². The van der Waals surface area contributed by atoms with Gasteiger partial charge in [0.25, 0.3) is 10.0 Å². The van der Waals surface area contributed by atoms with Crippen molar-refractivity contribution in [1.29, 1.82) is 0 Å². The Kier molecular flexibility index (Phi) is 10.4. The molecule has 0 unspecified atom stereocenters. The van der Waals surface area contributed by atoms with E-state index in [2.05, 4.69) is 5.32 Å². The largest absolute Gasteiger partial charge is 0.350 e. The normalized spacial score (nSPS) is 12.3. The number of aryl methyl sites for hydroxylation is 1. The number of hydrogen-bond acceptors (Lipinski definition) is 4. The van der Waals surface area contributed by atoms with Crippen molar-refractivity contribution in [3.05, 3.63) is 131 Å². The molecule has 0 aromatic heterocycles. The Morgan fingerprint density at radius 2 is 1.33 bits per heavy atom. The molecule has 4 rings (SSSR count). The van der Waals surface area contributed by atoms with E-state index >= 15 is 0 Å². The minimum absolute atomic E-state index is 0.0908. The van der Waals surface area contributed by atoms with Crippen molar-refractivity contribution in [2.75, 3.05) is 10.8 Å². The molecule has 7 nitrogen and oxygen atoms in total. The maximum Gasteiger partial charge on any atom is 0.264 e. The van der Waals surface area contributed by atoms with Crippen LogP contribution < -0.4 is 9.62 Å². The third kappa shape index (κ3) is 8.98. The van der Waals surface area contributed by atoms with Gasteiger partial charge in [0.2, 0.25) is 11.8 Å². The molecule has 2 amide bonds. The fraction of sp³-hybridized carbons (Fsp3) is 0.257. The summed E-state index contributed by atoms with van der Waals surface area (Å²) >= 11 is 0. The third-order valence-electron chi connectivity index (χ3n) is 7.04. The predicted octanol–water partition coefficient (Wildman–Crippen LogP) is 6.02. The Morgan fingerprint density at radius 1 is 0.778 bits per heavy atom. The molecule has 10 heteroatoms. The molecule has 1 N–H and O–H groups in total. The quantitative estimate of drug-likeness (QED) is 0.219. The van der Waals surface area contributed by atoms with Gasteiger partial charge in [0.15, 0.2) is 0 Å². The lowest BCUT2D eigenvalue weighted by atomic mass is 10.0. The Morgan fingerprint density at radius 3 is 1.89 bits per heavy atom. The number of carbonyl (C=O) groups is 2. The molecule has 45 heavy (non-hydrogen) atoms. The SMILES string of the molecule is Cc1ccc(N(CC(=O)N(Cc2ccc(F)cc2)[C@@H](Cc2ccccc2)C(=O)NC(C)(C)C)S(=O)(=O)c2ccc(F)cc2)cc1. The summed E-state index contributed by atoms with van der Waals surface area (Å²) in [6, 6.07) is 24.7. The Hall–Kier alpha value is -4.57. The van der Waals surface area contributed by atoms with Crippen molar-refractivity contribution in [3.63, 3.8) is 0 Å². The Bertz CT molecular complexity index is 1710. The van der Waals surface area contributed by atoms with Crippen LogP contribution >= 0.6 is 0 Å². The van der Waals surface area contributed by atoms with E-state index in [4.69, 9.17) is 0 Å². The summed E-state index contributed by atoms with van der Waals surface area (Å²) in [4.78, 5) is 29.4. The second kappa shape index (κ2) is 14.0. The van der Waals surface area contributed by atoms with Crippen molar-refractivity contribution < 1.29 is 26.8 Å². The van der Waals surface area contributed by atoms with Gasteiger partial charge in [0.05, 0.1) is 10.6 Å². The van der Waals surface area contributed by atoms with E-state index in [1.165, 1.54) is 29.2 Å². The first-order valence-electron chi connectivity index (χ1n) is 14.5. The second-order valence-electron chi connectivity index (χ2n) is 11.9. The zero-order valence-corrected chi connectivity index (χ0v) is 26.5. The van der Waals surface area contributed by atoms with Crippen molar-refractivity contribution >= 4 is 27.5 Å². The van der Waals surface area contributed by atoms with Gasteiger partial charge in [-0.05, 0) is 87.4 Å². The maximum atomic E-state index is 14.4. The van der Waals surface area contributed by atoms with Gasteiger partial charge in [-0.2, -0.15) is 0 Å². The number of carbonyl (C=O) groups excluding carboxylic acids is 2. The van der Waals surface area contributed by atoms with E-state index in [0.717, 1.165) is 39.7 Å². The van der Waals surface area contributed by atoms with Gasteiger partial charge in [0.1, 0.15) is 24.2 Å². The number of amides is 2. The summed E-state index contributed by atoms with van der Waals surface area (Å²) < 4.78 is 56.4. The predicted molar refractivity (Wildman–Crippen MR) is 171 cm³/mol. The molecule has 0 radical (unpaired) electrons. The van der Waals surface area contributed by atoms with Gasteiger partial charge < -0.3 is 10.2 Å². The van der Waals surface area contributed by atoms with Crippen LogP contribution in [0.3, 0.4) is 0 Å². The number of hydrogen-bond donors (Lipinski definition) is 1. The van der Waals surface area contributed by atoms with Gasteiger partial charge >= 0.3 is 0 Å². The van der Waals surface area contributed by atoms with Crippen molar-refractivity contribution in [3.8, 4) is 0 Å². The van der Waals surface area contributed by atoms with Gasteiger partial charge in [-0.25, -0.2) is 17.2 Å².